The van der Waals surface area contributed by atoms with Crippen LogP contribution in [0.4, 0.5) is 5.82 Å². The number of methoxy groups -OCH3 is 3. The van der Waals surface area contributed by atoms with Gasteiger partial charge in [-0.2, -0.15) is 0 Å². The fraction of sp³-hybridized carbons (Fsp3) is 0.409. The second-order valence-corrected chi connectivity index (χ2v) is 6.75. The van der Waals surface area contributed by atoms with E-state index in [-0.39, 0.29) is 12.5 Å². The first-order valence-electron chi connectivity index (χ1n) is 10.2. The van der Waals surface area contributed by atoms with Gasteiger partial charge in [0.25, 0.3) is 0 Å². The van der Waals surface area contributed by atoms with Crippen molar-refractivity contribution in [3.63, 3.8) is 0 Å². The number of nitrogens with one attached hydrogen (secondary N) is 1. The summed E-state index contributed by atoms with van der Waals surface area (Å²) in [6, 6.07) is 5.31. The summed E-state index contributed by atoms with van der Waals surface area (Å²) in [7, 11) is 4.62. The Hall–Kier alpha value is -3.53. The predicted octanol–water partition coefficient (Wildman–Crippen LogP) is 1.55. The highest BCUT2D eigenvalue weighted by Gasteiger charge is 2.14. The molecule has 0 bridgehead atoms. The Balaban J connectivity index is 1.48. The Bertz CT molecular complexity index is 905. The average Bonchev–Trinajstić information content (AvgIpc) is 2.85. The van der Waals surface area contributed by atoms with Crippen molar-refractivity contribution in [1.82, 2.24) is 15.3 Å². The molecule has 2 heterocycles. The highest BCUT2D eigenvalue weighted by molar-refractivity contribution is 5.91. The molecule has 3 rings (SSSR count). The highest BCUT2D eigenvalue weighted by atomic mass is 16.5. The van der Waals surface area contributed by atoms with Gasteiger partial charge in [-0.25, -0.2) is 9.97 Å². The summed E-state index contributed by atoms with van der Waals surface area (Å²) in [5.74, 6) is 2.54. The number of hydrogen-bond acceptors (Lipinski definition) is 9. The first-order valence-corrected chi connectivity index (χ1v) is 10.2. The summed E-state index contributed by atoms with van der Waals surface area (Å²) in [5.41, 5.74) is 0.738. The van der Waals surface area contributed by atoms with Crippen LogP contribution < -0.4 is 29.2 Å². The second kappa shape index (κ2) is 11.8. The van der Waals surface area contributed by atoms with Crippen LogP contribution in [0.1, 0.15) is 5.56 Å². The van der Waals surface area contributed by atoms with E-state index in [4.69, 9.17) is 23.7 Å². The molecule has 1 amide bonds. The number of ether oxygens (including phenoxy) is 5. The van der Waals surface area contributed by atoms with Crippen LogP contribution >= 0.6 is 0 Å². The van der Waals surface area contributed by atoms with Gasteiger partial charge in [0.15, 0.2) is 11.5 Å². The monoisotopic (exact) mass is 444 g/mol. The lowest BCUT2D eigenvalue weighted by Gasteiger charge is -2.27. The Kier molecular flexibility index (Phi) is 8.50. The number of amides is 1. The number of nitrogens with zero attached hydrogens (tertiary/aromatic N) is 3. The summed E-state index contributed by atoms with van der Waals surface area (Å²) < 4.78 is 26.9. The Morgan fingerprint density at radius 3 is 2.47 bits per heavy atom. The highest BCUT2D eigenvalue weighted by Crippen LogP contribution is 2.38. The lowest BCUT2D eigenvalue weighted by molar-refractivity contribution is -0.116. The largest absolute Gasteiger partial charge is 0.493 e. The predicted molar refractivity (Wildman–Crippen MR) is 119 cm³/mol. The molecule has 1 aliphatic rings. The van der Waals surface area contributed by atoms with E-state index in [1.165, 1.54) is 19.5 Å². The van der Waals surface area contributed by atoms with Crippen molar-refractivity contribution >= 4 is 17.8 Å². The van der Waals surface area contributed by atoms with Crippen LogP contribution in [0.5, 0.6) is 23.1 Å². The molecule has 172 valence electrons. The Labute approximate surface area is 187 Å². The number of benzene rings is 1. The van der Waals surface area contributed by atoms with Gasteiger partial charge >= 0.3 is 0 Å². The third kappa shape index (κ3) is 6.24. The zero-order valence-electron chi connectivity index (χ0n) is 18.5. The minimum Gasteiger partial charge on any atom is -0.493 e. The van der Waals surface area contributed by atoms with Gasteiger partial charge in [0.1, 0.15) is 18.8 Å². The minimum absolute atomic E-state index is 0.251. The molecule has 2 aromatic rings. The molecule has 0 saturated carbocycles. The van der Waals surface area contributed by atoms with Crippen molar-refractivity contribution in [1.29, 1.82) is 0 Å². The summed E-state index contributed by atoms with van der Waals surface area (Å²) in [4.78, 5) is 22.7. The quantitative estimate of drug-likeness (QED) is 0.432. The summed E-state index contributed by atoms with van der Waals surface area (Å²) >= 11 is 0. The van der Waals surface area contributed by atoms with Gasteiger partial charge in [0, 0.05) is 25.2 Å². The Morgan fingerprint density at radius 1 is 1.09 bits per heavy atom. The maximum absolute atomic E-state index is 12.1. The summed E-state index contributed by atoms with van der Waals surface area (Å²) in [5, 5.41) is 2.77. The number of rotatable bonds is 10. The molecule has 10 heteroatoms. The fourth-order valence-electron chi connectivity index (χ4n) is 3.13. The van der Waals surface area contributed by atoms with Gasteiger partial charge in [0.2, 0.25) is 17.5 Å². The van der Waals surface area contributed by atoms with Gasteiger partial charge < -0.3 is 33.9 Å². The van der Waals surface area contributed by atoms with Crippen molar-refractivity contribution < 1.29 is 28.5 Å². The number of anilines is 1. The van der Waals surface area contributed by atoms with E-state index in [0.717, 1.165) is 24.5 Å². The molecule has 0 spiro atoms. The number of hydrogen-bond donors (Lipinski definition) is 1. The normalized spacial score (nSPS) is 13.7. The van der Waals surface area contributed by atoms with Gasteiger partial charge in [0.05, 0.1) is 41.1 Å². The smallest absolute Gasteiger partial charge is 0.244 e. The maximum atomic E-state index is 12.1. The van der Waals surface area contributed by atoms with Crippen LogP contribution in [0.3, 0.4) is 0 Å². The molecule has 1 aromatic carbocycles. The van der Waals surface area contributed by atoms with E-state index in [9.17, 15) is 4.79 Å². The molecule has 1 aromatic heterocycles. The van der Waals surface area contributed by atoms with E-state index in [2.05, 4.69) is 20.2 Å². The van der Waals surface area contributed by atoms with Crippen LogP contribution in [0, 0.1) is 0 Å². The van der Waals surface area contributed by atoms with Crippen molar-refractivity contribution in [3.05, 3.63) is 36.2 Å². The first kappa shape index (κ1) is 23.1. The molecule has 1 fully saturated rings. The van der Waals surface area contributed by atoms with E-state index in [0.29, 0.717) is 42.9 Å². The van der Waals surface area contributed by atoms with E-state index in [1.807, 2.05) is 0 Å². The van der Waals surface area contributed by atoms with Crippen molar-refractivity contribution in [2.24, 2.45) is 0 Å². The molecule has 1 N–H and O–H groups in total. The molecule has 10 nitrogen and oxygen atoms in total. The Morgan fingerprint density at radius 2 is 1.81 bits per heavy atom. The van der Waals surface area contributed by atoms with Crippen LogP contribution in [-0.4, -0.2) is 76.7 Å². The number of aromatic nitrogens is 2. The first-order chi connectivity index (χ1) is 15.6. The van der Waals surface area contributed by atoms with Crippen molar-refractivity contribution in [3.8, 4) is 23.1 Å². The number of carbonyl (C=O) groups excluding carboxylic acids is 1. The molecule has 32 heavy (non-hydrogen) atoms. The van der Waals surface area contributed by atoms with Crippen molar-refractivity contribution in [2.45, 2.75) is 0 Å². The third-order valence-corrected chi connectivity index (χ3v) is 4.73. The van der Waals surface area contributed by atoms with E-state index >= 15 is 0 Å². The molecular formula is C22H28N4O6. The van der Waals surface area contributed by atoms with E-state index in [1.54, 1.807) is 38.5 Å². The summed E-state index contributed by atoms with van der Waals surface area (Å²) in [6.45, 7) is 3.53. The lowest BCUT2D eigenvalue weighted by Crippen LogP contribution is -2.36. The van der Waals surface area contributed by atoms with Crippen LogP contribution in [-0.2, 0) is 9.53 Å². The van der Waals surface area contributed by atoms with E-state index < -0.39 is 0 Å². The second-order valence-electron chi connectivity index (χ2n) is 6.75. The standard InChI is InChI=1S/C22H28N4O6/c1-28-17-12-16(13-18(29-2)22(17)30-3)4-5-20(27)23-6-9-32-21-14-19(24-15-25-21)26-7-10-31-11-8-26/h4-5,12-15H,6-11H2,1-3H3,(H,23,27)/b5-4+. The summed E-state index contributed by atoms with van der Waals surface area (Å²) in [6.07, 6.45) is 4.57. The fourth-order valence-corrected chi connectivity index (χ4v) is 3.13. The molecule has 1 aliphatic heterocycles. The van der Waals surface area contributed by atoms with Crippen LogP contribution in [0.2, 0.25) is 0 Å². The zero-order chi connectivity index (χ0) is 22.8. The van der Waals surface area contributed by atoms with Gasteiger partial charge in [-0.15, -0.1) is 0 Å². The number of morpholine rings is 1. The van der Waals surface area contributed by atoms with Crippen LogP contribution in [0.15, 0.2) is 30.6 Å². The van der Waals surface area contributed by atoms with Gasteiger partial charge in [-0.1, -0.05) is 0 Å². The topological polar surface area (TPSA) is 104 Å². The molecular weight excluding hydrogens is 416 g/mol. The minimum atomic E-state index is -0.251. The number of carbonyl (C=O) groups is 1. The molecule has 0 radical (unpaired) electrons. The maximum Gasteiger partial charge on any atom is 0.244 e. The SMILES string of the molecule is COc1cc(/C=C/C(=O)NCCOc2cc(N3CCOCC3)ncn2)cc(OC)c1OC. The zero-order valence-corrected chi connectivity index (χ0v) is 18.5. The third-order valence-electron chi connectivity index (χ3n) is 4.73. The van der Waals surface area contributed by atoms with Crippen molar-refractivity contribution in [2.75, 3.05) is 65.7 Å². The van der Waals surface area contributed by atoms with Gasteiger partial charge in [-0.05, 0) is 23.8 Å². The molecule has 0 unspecified atom stereocenters. The molecule has 1 saturated heterocycles. The lowest BCUT2D eigenvalue weighted by atomic mass is 10.1. The van der Waals surface area contributed by atoms with Crippen LogP contribution in [0.25, 0.3) is 6.08 Å². The van der Waals surface area contributed by atoms with Gasteiger partial charge in [-0.3, -0.25) is 4.79 Å². The molecule has 0 atom stereocenters. The molecule has 0 aliphatic carbocycles. The average molecular weight is 444 g/mol.